The zero-order valence-corrected chi connectivity index (χ0v) is 10.3. The summed E-state index contributed by atoms with van der Waals surface area (Å²) in [5.41, 5.74) is 5.44. The first-order chi connectivity index (χ1) is 7.11. The second-order valence-electron chi connectivity index (χ2n) is 4.06. The van der Waals surface area contributed by atoms with E-state index in [2.05, 4.69) is 11.8 Å². The van der Waals surface area contributed by atoms with Gasteiger partial charge in [0.15, 0.2) is 0 Å². The molecule has 0 saturated heterocycles. The molecule has 0 radical (unpaired) electrons. The van der Waals surface area contributed by atoms with Gasteiger partial charge in [-0.15, -0.1) is 0 Å². The largest absolute Gasteiger partial charge is 0.348 e. The molecule has 0 rings (SSSR count). The molecule has 0 unspecified atom stereocenters. The molecule has 15 heavy (non-hydrogen) atoms. The second kappa shape index (κ2) is 8.68. The number of nitrogens with zero attached hydrogens (tertiary/aromatic N) is 2. The van der Waals surface area contributed by atoms with E-state index in [1.54, 1.807) is 19.0 Å². The quantitative estimate of drug-likeness (QED) is 0.601. The molecule has 0 aliphatic carbocycles. The van der Waals surface area contributed by atoms with Crippen LogP contribution < -0.4 is 5.73 Å². The number of carbonyl (C=O) groups excluding carboxylic acids is 1. The van der Waals surface area contributed by atoms with Crippen molar-refractivity contribution >= 4 is 5.91 Å². The number of nitrogens with two attached hydrogens (primary N) is 1. The molecule has 0 spiro atoms. The third-order valence-electron chi connectivity index (χ3n) is 2.33. The summed E-state index contributed by atoms with van der Waals surface area (Å²) in [6, 6.07) is 0. The van der Waals surface area contributed by atoms with Crippen molar-refractivity contribution in [3.05, 3.63) is 0 Å². The van der Waals surface area contributed by atoms with Gasteiger partial charge in [0.1, 0.15) is 0 Å². The van der Waals surface area contributed by atoms with Gasteiger partial charge in [-0.05, 0) is 38.9 Å². The molecule has 1 amide bonds. The van der Waals surface area contributed by atoms with Gasteiger partial charge in [-0.25, -0.2) is 0 Å². The van der Waals surface area contributed by atoms with Crippen LogP contribution in [0.25, 0.3) is 0 Å². The highest BCUT2D eigenvalue weighted by Gasteiger charge is 2.10. The summed E-state index contributed by atoms with van der Waals surface area (Å²) in [5.74, 6) is 0.177. The van der Waals surface area contributed by atoms with Crippen molar-refractivity contribution in [2.45, 2.75) is 26.2 Å². The Bertz CT molecular complexity index is 171. The van der Waals surface area contributed by atoms with Gasteiger partial charge in [-0.3, -0.25) is 9.69 Å². The van der Waals surface area contributed by atoms with Crippen LogP contribution in [0, 0.1) is 0 Å². The summed E-state index contributed by atoms with van der Waals surface area (Å²) < 4.78 is 0. The molecule has 90 valence electrons. The minimum absolute atomic E-state index is 0.177. The first-order valence-corrected chi connectivity index (χ1v) is 5.74. The highest BCUT2D eigenvalue weighted by atomic mass is 16.2. The average Bonchev–Trinajstić information content (AvgIpc) is 2.18. The van der Waals surface area contributed by atoms with Crippen LogP contribution in [0.5, 0.6) is 0 Å². The summed E-state index contributed by atoms with van der Waals surface area (Å²) >= 11 is 0. The molecule has 0 aromatic carbocycles. The van der Waals surface area contributed by atoms with Crippen molar-refractivity contribution in [2.75, 3.05) is 40.3 Å². The lowest BCUT2D eigenvalue weighted by atomic mass is 10.2. The summed E-state index contributed by atoms with van der Waals surface area (Å²) in [6.45, 7) is 5.37. The van der Waals surface area contributed by atoms with E-state index in [0.717, 1.165) is 38.9 Å². The van der Waals surface area contributed by atoms with Gasteiger partial charge in [-0.2, -0.15) is 0 Å². The number of rotatable bonds is 8. The monoisotopic (exact) mass is 215 g/mol. The van der Waals surface area contributed by atoms with Crippen LogP contribution in [0.2, 0.25) is 0 Å². The van der Waals surface area contributed by atoms with Crippen molar-refractivity contribution in [3.8, 4) is 0 Å². The Morgan fingerprint density at radius 1 is 1.20 bits per heavy atom. The summed E-state index contributed by atoms with van der Waals surface area (Å²) in [7, 11) is 3.60. The van der Waals surface area contributed by atoms with Crippen LogP contribution in [0.15, 0.2) is 0 Å². The van der Waals surface area contributed by atoms with E-state index in [1.807, 2.05) is 0 Å². The first kappa shape index (κ1) is 14.4. The fourth-order valence-electron chi connectivity index (χ4n) is 1.40. The molecule has 0 bridgehead atoms. The Balaban J connectivity index is 3.86. The van der Waals surface area contributed by atoms with Crippen molar-refractivity contribution in [1.29, 1.82) is 0 Å². The molecule has 0 aliphatic heterocycles. The maximum atomic E-state index is 11.5. The van der Waals surface area contributed by atoms with Crippen LogP contribution >= 0.6 is 0 Å². The maximum Gasteiger partial charge on any atom is 0.236 e. The summed E-state index contributed by atoms with van der Waals surface area (Å²) in [4.78, 5) is 15.4. The lowest BCUT2D eigenvalue weighted by molar-refractivity contribution is -0.129. The fraction of sp³-hybridized carbons (Fsp3) is 0.909. The zero-order chi connectivity index (χ0) is 11.7. The highest BCUT2D eigenvalue weighted by molar-refractivity contribution is 5.77. The van der Waals surface area contributed by atoms with Crippen LogP contribution in [-0.4, -0.2) is 56.0 Å². The van der Waals surface area contributed by atoms with Crippen molar-refractivity contribution in [1.82, 2.24) is 9.80 Å². The third kappa shape index (κ3) is 7.33. The normalized spacial score (nSPS) is 10.7. The van der Waals surface area contributed by atoms with Crippen molar-refractivity contribution < 1.29 is 4.79 Å². The van der Waals surface area contributed by atoms with Crippen molar-refractivity contribution in [3.63, 3.8) is 0 Å². The Labute approximate surface area is 93.4 Å². The van der Waals surface area contributed by atoms with E-state index < -0.39 is 0 Å². The number of carbonyl (C=O) groups is 1. The number of hydrogen-bond donors (Lipinski definition) is 1. The van der Waals surface area contributed by atoms with E-state index in [4.69, 9.17) is 5.73 Å². The molecular formula is C11H25N3O. The molecule has 0 heterocycles. The van der Waals surface area contributed by atoms with Gasteiger partial charge >= 0.3 is 0 Å². The van der Waals surface area contributed by atoms with E-state index in [9.17, 15) is 4.79 Å². The van der Waals surface area contributed by atoms with Crippen LogP contribution in [0.1, 0.15) is 26.2 Å². The topological polar surface area (TPSA) is 49.6 Å². The molecule has 0 aromatic heterocycles. The number of hydrogen-bond acceptors (Lipinski definition) is 3. The highest BCUT2D eigenvalue weighted by Crippen LogP contribution is 1.97. The molecule has 0 saturated carbocycles. The Morgan fingerprint density at radius 2 is 1.87 bits per heavy atom. The van der Waals surface area contributed by atoms with Crippen molar-refractivity contribution in [2.24, 2.45) is 5.73 Å². The van der Waals surface area contributed by atoms with Crippen LogP contribution in [0.3, 0.4) is 0 Å². The van der Waals surface area contributed by atoms with E-state index in [0.29, 0.717) is 6.54 Å². The van der Waals surface area contributed by atoms with Crippen LogP contribution in [-0.2, 0) is 4.79 Å². The van der Waals surface area contributed by atoms with E-state index in [1.165, 1.54) is 0 Å². The van der Waals surface area contributed by atoms with Crippen LogP contribution in [0.4, 0.5) is 0 Å². The zero-order valence-electron chi connectivity index (χ0n) is 10.3. The van der Waals surface area contributed by atoms with Gasteiger partial charge in [0, 0.05) is 14.1 Å². The predicted molar refractivity (Wildman–Crippen MR) is 63.7 cm³/mol. The molecule has 2 N–H and O–H groups in total. The minimum Gasteiger partial charge on any atom is -0.348 e. The molecule has 0 aliphatic rings. The minimum atomic E-state index is 0.177. The predicted octanol–water partition coefficient (Wildman–Crippen LogP) is 0.526. The molecule has 0 fully saturated rings. The Hall–Kier alpha value is -0.610. The van der Waals surface area contributed by atoms with Gasteiger partial charge in [-0.1, -0.05) is 6.92 Å². The van der Waals surface area contributed by atoms with Gasteiger partial charge < -0.3 is 10.6 Å². The first-order valence-electron chi connectivity index (χ1n) is 5.74. The SMILES string of the molecule is CCCN(CCCCN)CC(=O)N(C)C. The summed E-state index contributed by atoms with van der Waals surface area (Å²) in [6.07, 6.45) is 3.21. The van der Waals surface area contributed by atoms with Gasteiger partial charge in [0.05, 0.1) is 6.54 Å². The van der Waals surface area contributed by atoms with E-state index >= 15 is 0 Å². The molecule has 0 aromatic rings. The number of unbranched alkanes of at least 4 members (excludes halogenated alkanes) is 1. The molecule has 4 heteroatoms. The Kier molecular flexibility index (Phi) is 8.33. The lowest BCUT2D eigenvalue weighted by Crippen LogP contribution is -2.37. The van der Waals surface area contributed by atoms with Gasteiger partial charge in [0.25, 0.3) is 0 Å². The second-order valence-corrected chi connectivity index (χ2v) is 4.06. The average molecular weight is 215 g/mol. The maximum absolute atomic E-state index is 11.5. The number of likely N-dealkylation sites (N-methyl/N-ethyl adjacent to an activating group) is 1. The fourth-order valence-corrected chi connectivity index (χ4v) is 1.40. The lowest BCUT2D eigenvalue weighted by Gasteiger charge is -2.22. The Morgan fingerprint density at radius 3 is 2.33 bits per heavy atom. The molecule has 4 nitrogen and oxygen atoms in total. The number of amides is 1. The van der Waals surface area contributed by atoms with E-state index in [-0.39, 0.29) is 5.91 Å². The standard InChI is InChI=1S/C11H25N3O/c1-4-8-14(9-6-5-7-12)10-11(15)13(2)3/h4-10,12H2,1-3H3. The smallest absolute Gasteiger partial charge is 0.236 e. The van der Waals surface area contributed by atoms with Gasteiger partial charge in [0.2, 0.25) is 5.91 Å². The molecular weight excluding hydrogens is 190 g/mol. The summed E-state index contributed by atoms with van der Waals surface area (Å²) in [5, 5.41) is 0. The third-order valence-corrected chi connectivity index (χ3v) is 2.33. The molecule has 0 atom stereocenters.